The lowest BCUT2D eigenvalue weighted by Gasteiger charge is -2.47. The van der Waals surface area contributed by atoms with Gasteiger partial charge in [0.05, 0.1) is 0 Å². The highest BCUT2D eigenvalue weighted by Crippen LogP contribution is 2.52. The highest BCUT2D eigenvalue weighted by Gasteiger charge is 2.44. The van der Waals surface area contributed by atoms with Crippen molar-refractivity contribution in [3.05, 3.63) is 66.2 Å². The van der Waals surface area contributed by atoms with E-state index in [1.165, 1.54) is 60.5 Å². The highest BCUT2D eigenvalue weighted by atomic mass is 16.5. The molecule has 3 fully saturated rings. The largest absolute Gasteiger partial charge is 0.458 e. The number of para-hydroxylation sites is 1. The molecule has 3 saturated carbocycles. The number of fused-ring (bicyclic) bond motifs is 7. The molecule has 2 bridgehead atoms. The first-order valence-electron chi connectivity index (χ1n) is 11.0. The van der Waals surface area contributed by atoms with Crippen molar-refractivity contribution in [2.75, 3.05) is 0 Å². The van der Waals surface area contributed by atoms with Crippen LogP contribution in [0.15, 0.2) is 60.7 Å². The second-order valence-electron chi connectivity index (χ2n) is 9.36. The van der Waals surface area contributed by atoms with Crippen molar-refractivity contribution in [3.63, 3.8) is 0 Å². The van der Waals surface area contributed by atoms with Crippen LogP contribution in [0.25, 0.3) is 0 Å². The van der Waals surface area contributed by atoms with Crippen molar-refractivity contribution in [3.8, 4) is 23.0 Å². The van der Waals surface area contributed by atoms with Crippen LogP contribution in [0.5, 0.6) is 23.0 Å². The lowest BCUT2D eigenvalue weighted by molar-refractivity contribution is 0.136. The van der Waals surface area contributed by atoms with Gasteiger partial charge in [0.25, 0.3) is 6.71 Å². The molecule has 0 spiro atoms. The molecule has 0 aromatic heterocycles. The topological polar surface area (TPSA) is 18.5 Å². The van der Waals surface area contributed by atoms with Gasteiger partial charge in [0.2, 0.25) is 0 Å². The molecule has 3 heteroatoms. The van der Waals surface area contributed by atoms with Gasteiger partial charge >= 0.3 is 0 Å². The second-order valence-corrected chi connectivity index (χ2v) is 9.36. The summed E-state index contributed by atoms with van der Waals surface area (Å²) in [5, 5.41) is 0. The Morgan fingerprint density at radius 2 is 1.34 bits per heavy atom. The zero-order valence-electron chi connectivity index (χ0n) is 16.5. The zero-order chi connectivity index (χ0) is 19.0. The quantitative estimate of drug-likeness (QED) is 0.396. The van der Waals surface area contributed by atoms with Gasteiger partial charge in [0.15, 0.2) is 0 Å². The van der Waals surface area contributed by atoms with Crippen LogP contribution in [-0.4, -0.2) is 6.71 Å². The Hall–Kier alpha value is -2.68. The molecule has 3 aromatic rings. The van der Waals surface area contributed by atoms with Crippen LogP contribution >= 0.6 is 0 Å². The van der Waals surface area contributed by atoms with Crippen LogP contribution in [0, 0.1) is 5.92 Å². The Balaban J connectivity index is 1.40. The first kappa shape index (κ1) is 16.2. The minimum atomic E-state index is 0.184. The molecule has 2 nitrogen and oxygen atoms in total. The Bertz CT molecular complexity index is 1130. The average Bonchev–Trinajstić information content (AvgIpc) is 2.80. The molecule has 5 aliphatic rings. The summed E-state index contributed by atoms with van der Waals surface area (Å²) >= 11 is 0. The molecule has 0 atom stereocenters. The summed E-state index contributed by atoms with van der Waals surface area (Å²) in [4.78, 5) is 0. The van der Waals surface area contributed by atoms with Gasteiger partial charge in [-0.25, -0.2) is 0 Å². The van der Waals surface area contributed by atoms with E-state index in [0.29, 0.717) is 5.41 Å². The third kappa shape index (κ3) is 2.19. The second kappa shape index (κ2) is 5.69. The normalized spacial score (nSPS) is 25.4. The van der Waals surface area contributed by atoms with Gasteiger partial charge in [-0.05, 0) is 90.6 Å². The molecule has 3 aromatic carbocycles. The van der Waals surface area contributed by atoms with Crippen LogP contribution in [0.1, 0.15) is 44.1 Å². The van der Waals surface area contributed by atoms with E-state index in [1.54, 1.807) is 0 Å². The van der Waals surface area contributed by atoms with Gasteiger partial charge in [-0.15, -0.1) is 0 Å². The zero-order valence-corrected chi connectivity index (χ0v) is 16.5. The third-order valence-electron chi connectivity index (χ3n) is 8.01. The molecule has 29 heavy (non-hydrogen) atoms. The monoisotopic (exact) mass is 378 g/mol. The summed E-state index contributed by atoms with van der Waals surface area (Å²) in [5.41, 5.74) is 5.55. The molecule has 2 heterocycles. The van der Waals surface area contributed by atoms with Crippen LogP contribution in [0.2, 0.25) is 0 Å². The number of rotatable bonds is 1. The summed E-state index contributed by atoms with van der Waals surface area (Å²) in [7, 11) is 0. The van der Waals surface area contributed by atoms with Gasteiger partial charge in [0.1, 0.15) is 23.0 Å². The maximum atomic E-state index is 6.49. The Kier molecular flexibility index (Phi) is 3.17. The summed E-state index contributed by atoms with van der Waals surface area (Å²) in [5.74, 6) is 4.84. The first-order chi connectivity index (χ1) is 14.3. The fourth-order valence-electron chi connectivity index (χ4n) is 6.39. The third-order valence-corrected chi connectivity index (χ3v) is 8.01. The van der Waals surface area contributed by atoms with E-state index < -0.39 is 0 Å². The molecule has 0 saturated heterocycles. The maximum Gasteiger partial charge on any atom is 0.260 e. The molecule has 0 radical (unpaired) electrons. The maximum absolute atomic E-state index is 6.49. The fraction of sp³-hybridized carbons (Fsp3) is 0.308. The van der Waals surface area contributed by atoms with E-state index in [-0.39, 0.29) is 6.71 Å². The minimum absolute atomic E-state index is 0.184. The lowest BCUT2D eigenvalue weighted by Crippen LogP contribution is -2.57. The number of ether oxygens (including phenoxy) is 2. The molecule has 0 N–H and O–H groups in total. The average molecular weight is 378 g/mol. The van der Waals surface area contributed by atoms with Gasteiger partial charge in [-0.1, -0.05) is 36.4 Å². The molecule has 2 aliphatic heterocycles. The first-order valence-corrected chi connectivity index (χ1v) is 11.0. The molecule has 8 rings (SSSR count). The molecule has 0 amide bonds. The van der Waals surface area contributed by atoms with Crippen molar-refractivity contribution >= 4 is 23.1 Å². The van der Waals surface area contributed by atoms with Gasteiger partial charge in [-0.2, -0.15) is 0 Å². The molecular weight excluding hydrogens is 355 g/mol. The summed E-state index contributed by atoms with van der Waals surface area (Å²) in [6, 6.07) is 21.7. The molecule has 0 unspecified atom stereocenters. The van der Waals surface area contributed by atoms with Crippen LogP contribution in [-0.2, 0) is 5.41 Å². The Morgan fingerprint density at radius 3 is 2.14 bits per heavy atom. The number of hydrogen-bond donors (Lipinski definition) is 0. The fourth-order valence-corrected chi connectivity index (χ4v) is 6.39. The SMILES string of the molecule is c1ccc2c(c1)Oc1cccc3c1B2c1ccc(C24CCC(CC2)CC4)cc1O3. The van der Waals surface area contributed by atoms with E-state index in [1.807, 2.05) is 6.07 Å². The summed E-state index contributed by atoms with van der Waals surface area (Å²) < 4.78 is 12.7. The highest BCUT2D eigenvalue weighted by molar-refractivity contribution is 6.98. The molecular formula is C26H23BO2. The van der Waals surface area contributed by atoms with E-state index in [0.717, 1.165) is 28.9 Å². The van der Waals surface area contributed by atoms with E-state index in [4.69, 9.17) is 9.47 Å². The standard InChI is InChI=1S/C26H23BO2/c1-2-5-21-19(4-1)27-20-9-8-18(26-13-10-17(11-14-26)12-15-26)16-24(20)29-23-7-3-6-22(28-21)25(23)27/h1-9,16-17H,10-15H2. The van der Waals surface area contributed by atoms with Gasteiger partial charge in [-0.3, -0.25) is 0 Å². The van der Waals surface area contributed by atoms with Gasteiger partial charge in [0, 0.05) is 5.46 Å². The van der Waals surface area contributed by atoms with Gasteiger partial charge < -0.3 is 9.47 Å². The number of benzene rings is 3. The predicted molar refractivity (Wildman–Crippen MR) is 117 cm³/mol. The molecule has 3 aliphatic carbocycles. The minimum Gasteiger partial charge on any atom is -0.458 e. The van der Waals surface area contributed by atoms with Crippen LogP contribution < -0.4 is 25.9 Å². The van der Waals surface area contributed by atoms with E-state index in [2.05, 4.69) is 54.6 Å². The van der Waals surface area contributed by atoms with Crippen molar-refractivity contribution in [1.29, 1.82) is 0 Å². The van der Waals surface area contributed by atoms with Crippen molar-refractivity contribution in [2.45, 2.75) is 43.9 Å². The van der Waals surface area contributed by atoms with Crippen molar-refractivity contribution in [2.24, 2.45) is 5.92 Å². The Morgan fingerprint density at radius 1 is 0.690 bits per heavy atom. The van der Waals surface area contributed by atoms with E-state index >= 15 is 0 Å². The van der Waals surface area contributed by atoms with Crippen LogP contribution in [0.3, 0.4) is 0 Å². The molecule has 142 valence electrons. The van der Waals surface area contributed by atoms with Crippen LogP contribution in [0.4, 0.5) is 0 Å². The summed E-state index contributed by atoms with van der Waals surface area (Å²) in [6.45, 7) is 0.184. The van der Waals surface area contributed by atoms with E-state index in [9.17, 15) is 0 Å². The Labute approximate surface area is 171 Å². The van der Waals surface area contributed by atoms with Crippen molar-refractivity contribution < 1.29 is 9.47 Å². The number of hydrogen-bond acceptors (Lipinski definition) is 2. The lowest BCUT2D eigenvalue weighted by atomic mass is 9.35. The summed E-state index contributed by atoms with van der Waals surface area (Å²) in [6.07, 6.45) is 8.23. The smallest absolute Gasteiger partial charge is 0.260 e. The van der Waals surface area contributed by atoms with Crippen molar-refractivity contribution in [1.82, 2.24) is 0 Å². The predicted octanol–water partition coefficient (Wildman–Crippen LogP) is 4.64.